The summed E-state index contributed by atoms with van der Waals surface area (Å²) < 4.78 is 1.13. The second-order valence-corrected chi connectivity index (χ2v) is 6.26. The molecular weight excluding hydrogens is 302 g/mol. The fourth-order valence-electron chi connectivity index (χ4n) is 3.02. The van der Waals surface area contributed by atoms with E-state index in [0.29, 0.717) is 19.5 Å². The SMILES string of the molecule is Cc1ccc(CCC(=O)N2CCN(c3cccc[n+]3O)CC2)cc1. The normalized spacial score (nSPS) is 14.7. The Bertz CT molecular complexity index is 692. The van der Waals surface area contributed by atoms with Crippen molar-refractivity contribution in [2.45, 2.75) is 19.8 Å². The lowest BCUT2D eigenvalue weighted by Crippen LogP contribution is -2.52. The summed E-state index contributed by atoms with van der Waals surface area (Å²) in [7, 11) is 0. The van der Waals surface area contributed by atoms with E-state index < -0.39 is 0 Å². The van der Waals surface area contributed by atoms with E-state index in [4.69, 9.17) is 0 Å². The van der Waals surface area contributed by atoms with Crippen LogP contribution in [0.25, 0.3) is 0 Å². The van der Waals surface area contributed by atoms with Crippen molar-refractivity contribution in [2.24, 2.45) is 0 Å². The molecule has 0 atom stereocenters. The van der Waals surface area contributed by atoms with Crippen LogP contribution >= 0.6 is 0 Å². The van der Waals surface area contributed by atoms with Gasteiger partial charge in [-0.3, -0.25) is 9.69 Å². The minimum Gasteiger partial charge on any atom is -0.350 e. The minimum absolute atomic E-state index is 0.208. The van der Waals surface area contributed by atoms with Crippen molar-refractivity contribution < 1.29 is 14.7 Å². The van der Waals surface area contributed by atoms with Gasteiger partial charge in [0.05, 0.1) is 13.1 Å². The van der Waals surface area contributed by atoms with Crippen molar-refractivity contribution in [1.29, 1.82) is 0 Å². The Morgan fingerprint density at radius 3 is 2.46 bits per heavy atom. The summed E-state index contributed by atoms with van der Waals surface area (Å²) in [6, 6.07) is 13.9. The first-order valence-corrected chi connectivity index (χ1v) is 8.42. The van der Waals surface area contributed by atoms with E-state index in [9.17, 15) is 10.0 Å². The molecule has 0 spiro atoms. The molecule has 0 aliphatic carbocycles. The quantitative estimate of drug-likeness (QED) is 0.688. The first-order valence-electron chi connectivity index (χ1n) is 8.42. The summed E-state index contributed by atoms with van der Waals surface area (Å²) in [6.45, 7) is 4.93. The zero-order valence-corrected chi connectivity index (χ0v) is 14.1. The largest absolute Gasteiger partial charge is 0.350 e. The number of hydrogen-bond donors (Lipinski definition) is 1. The average molecular weight is 326 g/mol. The van der Waals surface area contributed by atoms with Crippen LogP contribution in [0.15, 0.2) is 48.7 Å². The van der Waals surface area contributed by atoms with E-state index in [1.165, 1.54) is 11.1 Å². The summed E-state index contributed by atoms with van der Waals surface area (Å²) >= 11 is 0. The van der Waals surface area contributed by atoms with Gasteiger partial charge in [-0.15, -0.1) is 0 Å². The highest BCUT2D eigenvalue weighted by molar-refractivity contribution is 5.76. The van der Waals surface area contributed by atoms with E-state index in [1.54, 1.807) is 12.3 Å². The van der Waals surface area contributed by atoms with Crippen LogP contribution in [0.2, 0.25) is 0 Å². The molecule has 24 heavy (non-hydrogen) atoms. The number of aryl methyl sites for hydroxylation is 2. The van der Waals surface area contributed by atoms with Gasteiger partial charge < -0.3 is 10.1 Å². The van der Waals surface area contributed by atoms with E-state index in [0.717, 1.165) is 30.1 Å². The number of hydrogen-bond acceptors (Lipinski definition) is 3. The number of benzene rings is 1. The Labute approximate surface area is 142 Å². The van der Waals surface area contributed by atoms with E-state index in [1.807, 2.05) is 17.0 Å². The van der Waals surface area contributed by atoms with Crippen molar-refractivity contribution in [3.05, 3.63) is 59.8 Å². The molecule has 0 unspecified atom stereocenters. The van der Waals surface area contributed by atoms with Crippen molar-refractivity contribution in [2.75, 3.05) is 31.1 Å². The summed E-state index contributed by atoms with van der Waals surface area (Å²) in [5.41, 5.74) is 2.45. The second-order valence-electron chi connectivity index (χ2n) is 6.26. The summed E-state index contributed by atoms with van der Waals surface area (Å²) in [4.78, 5) is 16.4. The molecule has 0 saturated carbocycles. The summed E-state index contributed by atoms with van der Waals surface area (Å²) in [6.07, 6.45) is 2.96. The maximum atomic E-state index is 12.4. The number of rotatable bonds is 4. The molecule has 1 aliphatic rings. The van der Waals surface area contributed by atoms with Crippen molar-refractivity contribution >= 4 is 11.7 Å². The van der Waals surface area contributed by atoms with E-state index >= 15 is 0 Å². The number of anilines is 1. The number of nitrogens with zero attached hydrogens (tertiary/aromatic N) is 3. The Morgan fingerprint density at radius 2 is 1.79 bits per heavy atom. The third-order valence-electron chi connectivity index (χ3n) is 4.52. The number of carbonyl (C=O) groups excluding carboxylic acids is 1. The number of piperazine rings is 1. The lowest BCUT2D eigenvalue weighted by Gasteiger charge is -2.31. The molecule has 5 nitrogen and oxygen atoms in total. The highest BCUT2D eigenvalue weighted by Gasteiger charge is 2.27. The highest BCUT2D eigenvalue weighted by atomic mass is 16.5. The maximum absolute atomic E-state index is 12.4. The third kappa shape index (κ3) is 3.85. The number of aromatic nitrogens is 1. The topological polar surface area (TPSA) is 47.7 Å². The van der Waals surface area contributed by atoms with Gasteiger partial charge in [-0.25, -0.2) is 0 Å². The molecule has 1 N–H and O–H groups in total. The number of carbonyl (C=O) groups is 1. The van der Waals surface area contributed by atoms with Gasteiger partial charge in [-0.2, -0.15) is 0 Å². The Balaban J connectivity index is 1.50. The van der Waals surface area contributed by atoms with Crippen molar-refractivity contribution in [1.82, 2.24) is 4.90 Å². The Hall–Kier alpha value is -2.56. The summed E-state index contributed by atoms with van der Waals surface area (Å²) in [5, 5.41) is 9.86. The van der Waals surface area contributed by atoms with E-state index in [2.05, 4.69) is 36.1 Å². The molecule has 1 amide bonds. The zero-order chi connectivity index (χ0) is 16.9. The van der Waals surface area contributed by atoms with Gasteiger partial charge in [-0.1, -0.05) is 40.6 Å². The van der Waals surface area contributed by atoms with Crippen molar-refractivity contribution in [3.63, 3.8) is 0 Å². The minimum atomic E-state index is 0.208. The molecule has 1 fully saturated rings. The number of pyridine rings is 1. The predicted octanol–water partition coefficient (Wildman–Crippen LogP) is 1.80. The van der Waals surface area contributed by atoms with Gasteiger partial charge in [0.2, 0.25) is 5.91 Å². The van der Waals surface area contributed by atoms with Crippen LogP contribution in [-0.4, -0.2) is 42.2 Å². The molecule has 1 saturated heterocycles. The lowest BCUT2D eigenvalue weighted by molar-refractivity contribution is -0.894. The van der Waals surface area contributed by atoms with Gasteiger partial charge in [-0.05, 0) is 25.0 Å². The first kappa shape index (κ1) is 16.3. The zero-order valence-electron chi connectivity index (χ0n) is 14.1. The third-order valence-corrected chi connectivity index (χ3v) is 4.52. The van der Waals surface area contributed by atoms with Gasteiger partial charge >= 0.3 is 5.82 Å². The van der Waals surface area contributed by atoms with Crippen LogP contribution in [0.3, 0.4) is 0 Å². The molecule has 1 aromatic heterocycles. The van der Waals surface area contributed by atoms with Gasteiger partial charge in [0.25, 0.3) is 0 Å². The molecule has 3 rings (SSSR count). The molecular formula is C19H24N3O2+. The second kappa shape index (κ2) is 7.34. The molecule has 126 valence electrons. The standard InChI is InChI=1S/C19H24N3O2/c1-16-5-7-17(8-6-16)9-10-19(23)21-14-12-20(13-15-21)18-4-2-3-11-22(18)24/h2-8,11,24H,9-10,12-15H2,1H3/q+1. The van der Waals surface area contributed by atoms with Crippen LogP contribution in [0.4, 0.5) is 5.82 Å². The smallest absolute Gasteiger partial charge is 0.316 e. The molecule has 0 bridgehead atoms. The monoisotopic (exact) mass is 326 g/mol. The Morgan fingerprint density at radius 1 is 1.08 bits per heavy atom. The molecule has 1 aromatic carbocycles. The molecule has 1 aliphatic heterocycles. The van der Waals surface area contributed by atoms with Gasteiger partial charge in [0.1, 0.15) is 19.3 Å². The number of amides is 1. The fourth-order valence-corrected chi connectivity index (χ4v) is 3.02. The summed E-state index contributed by atoms with van der Waals surface area (Å²) in [5.74, 6) is 0.976. The van der Waals surface area contributed by atoms with Crippen LogP contribution < -0.4 is 9.63 Å². The average Bonchev–Trinajstić information content (AvgIpc) is 2.61. The van der Waals surface area contributed by atoms with Crippen molar-refractivity contribution in [3.8, 4) is 0 Å². The van der Waals surface area contributed by atoms with Crippen LogP contribution in [0, 0.1) is 6.92 Å². The highest BCUT2D eigenvalue weighted by Crippen LogP contribution is 2.13. The van der Waals surface area contributed by atoms with Crippen LogP contribution in [0.5, 0.6) is 0 Å². The predicted molar refractivity (Wildman–Crippen MR) is 92.1 cm³/mol. The van der Waals surface area contributed by atoms with Crippen LogP contribution in [-0.2, 0) is 11.2 Å². The molecule has 2 heterocycles. The molecule has 2 aromatic rings. The molecule has 0 radical (unpaired) electrons. The lowest BCUT2D eigenvalue weighted by atomic mass is 10.1. The Kier molecular flexibility index (Phi) is 4.99. The molecule has 5 heteroatoms. The maximum Gasteiger partial charge on any atom is 0.316 e. The van der Waals surface area contributed by atoms with E-state index in [-0.39, 0.29) is 5.91 Å². The fraction of sp³-hybridized carbons (Fsp3) is 0.368. The van der Waals surface area contributed by atoms with Crippen LogP contribution in [0.1, 0.15) is 17.5 Å². The first-order chi connectivity index (χ1) is 11.6. The van der Waals surface area contributed by atoms with Gasteiger partial charge in [0.15, 0.2) is 0 Å². The van der Waals surface area contributed by atoms with Gasteiger partial charge in [0, 0.05) is 12.5 Å².